The molecule has 0 aliphatic heterocycles. The summed E-state index contributed by atoms with van der Waals surface area (Å²) in [4.78, 5) is 0. The van der Waals surface area contributed by atoms with Crippen LogP contribution in [0.25, 0.3) is 0 Å². The Morgan fingerprint density at radius 1 is 1.44 bits per heavy atom. The summed E-state index contributed by atoms with van der Waals surface area (Å²) in [6.45, 7) is 0. The minimum Gasteiger partial charge on any atom is -0.204 e. The lowest BCUT2D eigenvalue weighted by Crippen LogP contribution is -1.76. The van der Waals surface area contributed by atoms with E-state index in [1.807, 2.05) is 0 Å². The fraction of sp³-hybridized carbons (Fsp3) is 0. The van der Waals surface area contributed by atoms with Crippen molar-refractivity contribution in [1.29, 1.82) is 0 Å². The third-order valence-electron chi connectivity index (χ3n) is 0.842. The first kappa shape index (κ1) is 6.84. The second-order valence-corrected chi connectivity index (χ2v) is 2.24. The molecule has 1 aromatic carbocycles. The first-order chi connectivity index (χ1) is 4.22. The maximum atomic E-state index is 12.4. The van der Waals surface area contributed by atoms with Crippen molar-refractivity contribution < 1.29 is 4.39 Å². The Hall–Kier alpha value is -0.270. The molecule has 0 aromatic heterocycles. The van der Waals surface area contributed by atoms with Gasteiger partial charge in [0, 0.05) is 6.07 Å². The third kappa shape index (κ3) is 1.35. The van der Waals surface area contributed by atoms with Crippen LogP contribution in [-0.2, 0) is 0 Å². The number of rotatable bonds is 0. The average molecular weight is 164 g/mol. The highest BCUT2D eigenvalue weighted by atomic mass is 35.5. The monoisotopic (exact) mass is 163 g/mol. The van der Waals surface area contributed by atoms with Gasteiger partial charge in [-0.25, -0.2) is 4.39 Å². The molecule has 0 unspecified atom stereocenters. The SMILES string of the molecule is Fc1c(Cl)[c]ccc1Cl. The first-order valence-electron chi connectivity index (χ1n) is 2.23. The zero-order valence-corrected chi connectivity index (χ0v) is 5.80. The minimum atomic E-state index is -0.610. The molecule has 0 saturated heterocycles. The standard InChI is InChI=1S/C6H2Cl2F/c7-4-2-1-3-5(8)6(4)9/h1-2H. The molecule has 47 valence electrons. The van der Waals surface area contributed by atoms with Crippen molar-refractivity contribution in [2.45, 2.75) is 0 Å². The van der Waals surface area contributed by atoms with Gasteiger partial charge in [-0.3, -0.25) is 0 Å². The van der Waals surface area contributed by atoms with Crippen LogP contribution in [0.2, 0.25) is 10.0 Å². The minimum absolute atomic E-state index is 0.0266. The predicted octanol–water partition coefficient (Wildman–Crippen LogP) is 2.93. The zero-order valence-electron chi connectivity index (χ0n) is 4.29. The van der Waals surface area contributed by atoms with E-state index in [-0.39, 0.29) is 10.0 Å². The van der Waals surface area contributed by atoms with Crippen molar-refractivity contribution in [3.8, 4) is 0 Å². The van der Waals surface area contributed by atoms with Crippen molar-refractivity contribution in [2.75, 3.05) is 0 Å². The zero-order chi connectivity index (χ0) is 6.85. The third-order valence-corrected chi connectivity index (χ3v) is 1.41. The molecule has 0 aliphatic rings. The normalized spacial score (nSPS) is 9.67. The van der Waals surface area contributed by atoms with E-state index in [9.17, 15) is 4.39 Å². The molecular formula is C6H2Cl2F. The van der Waals surface area contributed by atoms with Gasteiger partial charge < -0.3 is 0 Å². The van der Waals surface area contributed by atoms with Crippen LogP contribution in [0.3, 0.4) is 0 Å². The molecule has 0 atom stereocenters. The molecule has 0 N–H and O–H groups in total. The summed E-state index contributed by atoms with van der Waals surface area (Å²) in [5.74, 6) is -0.610. The van der Waals surface area contributed by atoms with Crippen LogP contribution in [0.1, 0.15) is 0 Å². The fourth-order valence-electron chi connectivity index (χ4n) is 0.429. The van der Waals surface area contributed by atoms with Gasteiger partial charge in [-0.15, -0.1) is 0 Å². The largest absolute Gasteiger partial charge is 0.204 e. The second-order valence-electron chi connectivity index (χ2n) is 1.45. The van der Waals surface area contributed by atoms with Crippen LogP contribution >= 0.6 is 23.2 Å². The molecule has 0 aliphatic carbocycles. The van der Waals surface area contributed by atoms with E-state index in [1.54, 1.807) is 0 Å². The van der Waals surface area contributed by atoms with Gasteiger partial charge in [0.25, 0.3) is 0 Å². The molecule has 0 heterocycles. The Balaban J connectivity index is 3.25. The highest BCUT2D eigenvalue weighted by molar-refractivity contribution is 6.34. The van der Waals surface area contributed by atoms with Crippen LogP contribution in [0.5, 0.6) is 0 Å². The van der Waals surface area contributed by atoms with Crippen molar-refractivity contribution in [3.05, 3.63) is 34.1 Å². The highest BCUT2D eigenvalue weighted by Gasteiger charge is 2.01. The first-order valence-corrected chi connectivity index (χ1v) is 2.98. The second kappa shape index (κ2) is 2.54. The summed E-state index contributed by atoms with van der Waals surface area (Å²) in [5, 5.41) is -0.0405. The summed E-state index contributed by atoms with van der Waals surface area (Å²) in [6, 6.07) is 5.30. The van der Waals surface area contributed by atoms with E-state index in [4.69, 9.17) is 23.2 Å². The topological polar surface area (TPSA) is 0 Å². The Labute approximate surface area is 62.2 Å². The Bertz CT molecular complexity index is 202. The van der Waals surface area contributed by atoms with E-state index in [0.717, 1.165) is 0 Å². The molecule has 0 amide bonds. The van der Waals surface area contributed by atoms with Crippen molar-refractivity contribution in [1.82, 2.24) is 0 Å². The van der Waals surface area contributed by atoms with E-state index in [1.165, 1.54) is 12.1 Å². The lowest BCUT2D eigenvalue weighted by molar-refractivity contribution is 0.628. The Morgan fingerprint density at radius 2 is 2.11 bits per heavy atom. The number of benzene rings is 1. The van der Waals surface area contributed by atoms with Crippen molar-refractivity contribution in [3.63, 3.8) is 0 Å². The lowest BCUT2D eigenvalue weighted by atomic mass is 10.3. The van der Waals surface area contributed by atoms with Gasteiger partial charge in [-0.1, -0.05) is 29.3 Å². The van der Waals surface area contributed by atoms with Crippen molar-refractivity contribution >= 4 is 23.2 Å². The molecular weight excluding hydrogens is 162 g/mol. The molecule has 0 nitrogen and oxygen atoms in total. The smallest absolute Gasteiger partial charge is 0.160 e. The highest BCUT2D eigenvalue weighted by Crippen LogP contribution is 2.20. The van der Waals surface area contributed by atoms with Crippen LogP contribution in [0, 0.1) is 11.9 Å². The molecule has 0 spiro atoms. The van der Waals surface area contributed by atoms with Gasteiger partial charge in [-0.05, 0) is 6.07 Å². The number of hydrogen-bond acceptors (Lipinski definition) is 0. The van der Waals surface area contributed by atoms with Gasteiger partial charge in [0.05, 0.1) is 10.0 Å². The summed E-state index contributed by atoms with van der Waals surface area (Å²) in [7, 11) is 0. The van der Waals surface area contributed by atoms with Crippen molar-refractivity contribution in [2.24, 2.45) is 0 Å². The maximum Gasteiger partial charge on any atom is 0.160 e. The Kier molecular flexibility index (Phi) is 1.94. The van der Waals surface area contributed by atoms with Crippen LogP contribution in [-0.4, -0.2) is 0 Å². The van der Waals surface area contributed by atoms with Gasteiger partial charge >= 0.3 is 0 Å². The maximum absolute atomic E-state index is 12.4. The molecule has 1 aromatic rings. The van der Waals surface area contributed by atoms with E-state index in [2.05, 4.69) is 6.07 Å². The quantitative estimate of drug-likeness (QED) is 0.517. The molecule has 9 heavy (non-hydrogen) atoms. The molecule has 1 rings (SSSR count). The fourth-order valence-corrected chi connectivity index (χ4v) is 0.800. The lowest BCUT2D eigenvalue weighted by Gasteiger charge is -1.92. The molecule has 1 radical (unpaired) electrons. The van der Waals surface area contributed by atoms with E-state index >= 15 is 0 Å². The van der Waals surface area contributed by atoms with Gasteiger partial charge in [-0.2, -0.15) is 0 Å². The van der Waals surface area contributed by atoms with E-state index in [0.29, 0.717) is 0 Å². The van der Waals surface area contributed by atoms with Crippen LogP contribution in [0.15, 0.2) is 12.1 Å². The predicted molar refractivity (Wildman–Crippen MR) is 35.3 cm³/mol. The number of halogens is 3. The summed E-state index contributed by atoms with van der Waals surface area (Å²) >= 11 is 10.6. The van der Waals surface area contributed by atoms with Crippen LogP contribution in [0.4, 0.5) is 4.39 Å². The van der Waals surface area contributed by atoms with Gasteiger partial charge in [0.1, 0.15) is 0 Å². The summed E-state index contributed by atoms with van der Waals surface area (Å²) in [6.07, 6.45) is 0. The summed E-state index contributed by atoms with van der Waals surface area (Å²) in [5.41, 5.74) is 0. The summed E-state index contributed by atoms with van der Waals surface area (Å²) < 4.78 is 12.4. The van der Waals surface area contributed by atoms with Gasteiger partial charge in [0.2, 0.25) is 0 Å². The number of hydrogen-bond donors (Lipinski definition) is 0. The molecule has 3 heteroatoms. The Morgan fingerprint density at radius 3 is 2.56 bits per heavy atom. The van der Waals surface area contributed by atoms with Crippen LogP contribution < -0.4 is 0 Å². The molecule has 0 fully saturated rings. The van der Waals surface area contributed by atoms with Gasteiger partial charge in [0.15, 0.2) is 5.82 Å². The van der Waals surface area contributed by atoms with E-state index < -0.39 is 5.82 Å². The average Bonchev–Trinajstić information content (AvgIpc) is 1.83. The molecule has 0 bridgehead atoms. The molecule has 0 saturated carbocycles.